The SMILES string of the molecule is CNCc1cnc(Oc2ccc(Cl)c3cccnc23)nc1. The van der Waals surface area contributed by atoms with Crippen LogP contribution in [0.25, 0.3) is 10.9 Å². The lowest BCUT2D eigenvalue weighted by atomic mass is 10.2. The molecule has 21 heavy (non-hydrogen) atoms. The van der Waals surface area contributed by atoms with E-state index in [-0.39, 0.29) is 6.01 Å². The molecule has 106 valence electrons. The molecule has 0 atom stereocenters. The van der Waals surface area contributed by atoms with Gasteiger partial charge in [-0.25, -0.2) is 9.97 Å². The number of hydrogen-bond donors (Lipinski definition) is 1. The van der Waals surface area contributed by atoms with Gasteiger partial charge in [0.05, 0.1) is 5.02 Å². The predicted molar refractivity (Wildman–Crippen MR) is 81.6 cm³/mol. The van der Waals surface area contributed by atoms with E-state index >= 15 is 0 Å². The summed E-state index contributed by atoms with van der Waals surface area (Å²) in [6, 6.07) is 7.55. The molecule has 0 aliphatic heterocycles. The van der Waals surface area contributed by atoms with E-state index in [9.17, 15) is 0 Å². The third-order valence-corrected chi connectivity index (χ3v) is 3.27. The molecule has 0 aliphatic carbocycles. The summed E-state index contributed by atoms with van der Waals surface area (Å²) in [7, 11) is 1.87. The molecule has 3 rings (SSSR count). The average Bonchev–Trinajstić information content (AvgIpc) is 2.52. The van der Waals surface area contributed by atoms with E-state index in [1.165, 1.54) is 0 Å². The Morgan fingerprint density at radius 2 is 1.95 bits per heavy atom. The molecule has 0 aliphatic rings. The highest BCUT2D eigenvalue weighted by Gasteiger charge is 2.09. The second kappa shape index (κ2) is 6.03. The average molecular weight is 301 g/mol. The van der Waals surface area contributed by atoms with E-state index < -0.39 is 0 Å². The highest BCUT2D eigenvalue weighted by Crippen LogP contribution is 2.31. The summed E-state index contributed by atoms with van der Waals surface area (Å²) in [5.74, 6) is 0.580. The maximum Gasteiger partial charge on any atom is 0.321 e. The number of benzene rings is 1. The first kappa shape index (κ1) is 13.7. The second-order valence-electron chi connectivity index (χ2n) is 4.45. The molecule has 2 aromatic heterocycles. The molecule has 0 unspecified atom stereocenters. The van der Waals surface area contributed by atoms with Crippen molar-refractivity contribution < 1.29 is 4.74 Å². The van der Waals surface area contributed by atoms with Crippen LogP contribution in [-0.2, 0) is 6.54 Å². The van der Waals surface area contributed by atoms with Gasteiger partial charge in [0.2, 0.25) is 0 Å². The van der Waals surface area contributed by atoms with E-state index in [0.29, 0.717) is 22.8 Å². The van der Waals surface area contributed by atoms with Gasteiger partial charge in [-0.1, -0.05) is 11.6 Å². The zero-order chi connectivity index (χ0) is 14.7. The lowest BCUT2D eigenvalue weighted by Crippen LogP contribution is -2.06. The van der Waals surface area contributed by atoms with Crippen LogP contribution in [0.3, 0.4) is 0 Å². The maximum absolute atomic E-state index is 6.15. The molecular weight excluding hydrogens is 288 g/mol. The molecule has 0 saturated carbocycles. The Morgan fingerprint density at radius 3 is 2.71 bits per heavy atom. The molecule has 0 radical (unpaired) electrons. The number of nitrogens with zero attached hydrogens (tertiary/aromatic N) is 3. The van der Waals surface area contributed by atoms with E-state index in [4.69, 9.17) is 16.3 Å². The standard InChI is InChI=1S/C15H13ClN4O/c1-17-7-10-8-19-15(20-9-10)21-13-5-4-12(16)11-3-2-6-18-14(11)13/h2-6,8-9,17H,7H2,1H3. The Labute approximate surface area is 127 Å². The van der Waals surface area contributed by atoms with Crippen molar-refractivity contribution in [2.75, 3.05) is 7.05 Å². The van der Waals surface area contributed by atoms with Gasteiger partial charge in [-0.3, -0.25) is 4.98 Å². The van der Waals surface area contributed by atoms with Gasteiger partial charge in [0.15, 0.2) is 5.75 Å². The van der Waals surface area contributed by atoms with Gasteiger partial charge in [-0.05, 0) is 31.3 Å². The third-order valence-electron chi connectivity index (χ3n) is 2.94. The fourth-order valence-electron chi connectivity index (χ4n) is 1.98. The van der Waals surface area contributed by atoms with Crippen molar-refractivity contribution in [1.29, 1.82) is 0 Å². The van der Waals surface area contributed by atoms with Crippen molar-refractivity contribution in [2.45, 2.75) is 6.54 Å². The zero-order valence-electron chi connectivity index (χ0n) is 11.4. The van der Waals surface area contributed by atoms with Crippen LogP contribution in [0, 0.1) is 0 Å². The summed E-state index contributed by atoms with van der Waals surface area (Å²) in [5.41, 5.74) is 1.68. The molecule has 2 heterocycles. The summed E-state index contributed by atoms with van der Waals surface area (Å²) in [4.78, 5) is 12.7. The Morgan fingerprint density at radius 1 is 1.14 bits per heavy atom. The first-order valence-electron chi connectivity index (χ1n) is 6.44. The van der Waals surface area contributed by atoms with Crippen molar-refractivity contribution in [3.8, 4) is 11.8 Å². The normalized spacial score (nSPS) is 10.8. The smallest absolute Gasteiger partial charge is 0.321 e. The van der Waals surface area contributed by atoms with Gasteiger partial charge in [0.25, 0.3) is 0 Å². The van der Waals surface area contributed by atoms with Crippen LogP contribution in [0.1, 0.15) is 5.56 Å². The van der Waals surface area contributed by atoms with Crippen molar-refractivity contribution >= 4 is 22.5 Å². The summed E-state index contributed by atoms with van der Waals surface area (Å²) in [5, 5.41) is 4.51. The fraction of sp³-hybridized carbons (Fsp3) is 0.133. The molecule has 3 aromatic rings. The Hall–Kier alpha value is -2.24. The van der Waals surface area contributed by atoms with Crippen LogP contribution in [0.4, 0.5) is 0 Å². The number of ether oxygens (including phenoxy) is 1. The number of hydrogen-bond acceptors (Lipinski definition) is 5. The van der Waals surface area contributed by atoms with Crippen molar-refractivity contribution in [3.05, 3.63) is 53.4 Å². The number of aromatic nitrogens is 3. The minimum Gasteiger partial charge on any atom is -0.422 e. The van der Waals surface area contributed by atoms with Gasteiger partial charge < -0.3 is 10.1 Å². The first-order chi connectivity index (χ1) is 10.3. The number of nitrogens with one attached hydrogen (secondary N) is 1. The lowest BCUT2D eigenvalue weighted by Gasteiger charge is -2.08. The molecule has 5 nitrogen and oxygen atoms in total. The third kappa shape index (κ3) is 2.94. The number of pyridine rings is 1. The summed E-state index contributed by atoms with van der Waals surface area (Å²) < 4.78 is 5.72. The molecule has 0 saturated heterocycles. The van der Waals surface area contributed by atoms with Crippen molar-refractivity contribution in [3.63, 3.8) is 0 Å². The van der Waals surface area contributed by atoms with Gasteiger partial charge in [0.1, 0.15) is 5.52 Å². The molecule has 0 fully saturated rings. The van der Waals surface area contributed by atoms with Crippen molar-refractivity contribution in [2.24, 2.45) is 0 Å². The molecule has 6 heteroatoms. The quantitative estimate of drug-likeness (QED) is 0.802. The van der Waals surface area contributed by atoms with Crippen LogP contribution in [-0.4, -0.2) is 22.0 Å². The Bertz CT molecular complexity index is 761. The van der Waals surface area contributed by atoms with Crippen LogP contribution < -0.4 is 10.1 Å². The molecule has 0 spiro atoms. The van der Waals surface area contributed by atoms with Crippen LogP contribution in [0.5, 0.6) is 11.8 Å². The summed E-state index contributed by atoms with van der Waals surface area (Å²) >= 11 is 6.15. The monoisotopic (exact) mass is 300 g/mol. The molecule has 1 N–H and O–H groups in total. The van der Waals surface area contributed by atoms with E-state index in [2.05, 4.69) is 20.3 Å². The largest absolute Gasteiger partial charge is 0.422 e. The van der Waals surface area contributed by atoms with Gasteiger partial charge in [-0.2, -0.15) is 0 Å². The minimum atomic E-state index is 0.282. The van der Waals surface area contributed by atoms with E-state index in [1.54, 1.807) is 30.7 Å². The predicted octanol–water partition coefficient (Wildman–Crippen LogP) is 3.19. The molecule has 1 aromatic carbocycles. The summed E-state index contributed by atoms with van der Waals surface area (Å²) in [6.45, 7) is 0.714. The van der Waals surface area contributed by atoms with Crippen LogP contribution >= 0.6 is 11.6 Å². The van der Waals surface area contributed by atoms with Gasteiger partial charge >= 0.3 is 6.01 Å². The van der Waals surface area contributed by atoms with Crippen LogP contribution in [0.15, 0.2) is 42.9 Å². The lowest BCUT2D eigenvalue weighted by molar-refractivity contribution is 0.444. The topological polar surface area (TPSA) is 59.9 Å². The number of fused-ring (bicyclic) bond motifs is 1. The van der Waals surface area contributed by atoms with Gasteiger partial charge in [0, 0.05) is 36.1 Å². The molecule has 0 bridgehead atoms. The minimum absolute atomic E-state index is 0.282. The Kier molecular flexibility index (Phi) is 3.94. The van der Waals surface area contributed by atoms with E-state index in [1.807, 2.05) is 19.2 Å². The highest BCUT2D eigenvalue weighted by molar-refractivity contribution is 6.35. The highest BCUT2D eigenvalue weighted by atomic mass is 35.5. The fourth-order valence-corrected chi connectivity index (χ4v) is 2.20. The van der Waals surface area contributed by atoms with Crippen LogP contribution in [0.2, 0.25) is 5.02 Å². The van der Waals surface area contributed by atoms with E-state index in [0.717, 1.165) is 10.9 Å². The maximum atomic E-state index is 6.15. The molecule has 0 amide bonds. The summed E-state index contributed by atoms with van der Waals surface area (Å²) in [6.07, 6.45) is 5.15. The second-order valence-corrected chi connectivity index (χ2v) is 4.86. The van der Waals surface area contributed by atoms with Crippen molar-refractivity contribution in [1.82, 2.24) is 20.3 Å². The number of rotatable bonds is 4. The first-order valence-corrected chi connectivity index (χ1v) is 6.82. The Balaban J connectivity index is 1.93. The number of halogens is 1. The zero-order valence-corrected chi connectivity index (χ0v) is 12.1. The molecular formula is C15H13ClN4O. The van der Waals surface area contributed by atoms with Gasteiger partial charge in [-0.15, -0.1) is 0 Å².